The van der Waals surface area contributed by atoms with Gasteiger partial charge < -0.3 is 4.57 Å². The Hall–Kier alpha value is -1.41. The van der Waals surface area contributed by atoms with Crippen molar-refractivity contribution in [3.63, 3.8) is 0 Å². The highest BCUT2D eigenvalue weighted by atomic mass is 79.9. The average molecular weight is 329 g/mol. The van der Waals surface area contributed by atoms with E-state index in [2.05, 4.69) is 26.1 Å². The molecule has 0 atom stereocenters. The number of halogens is 1. The van der Waals surface area contributed by atoms with Crippen molar-refractivity contribution in [3.05, 3.63) is 44.7 Å². The van der Waals surface area contributed by atoms with Gasteiger partial charge in [-0.05, 0) is 21.5 Å². The van der Waals surface area contributed by atoms with E-state index in [0.717, 1.165) is 10.7 Å². The lowest BCUT2D eigenvalue weighted by Gasteiger charge is -2.04. The van der Waals surface area contributed by atoms with E-state index in [-0.39, 0.29) is 5.69 Å². The van der Waals surface area contributed by atoms with Gasteiger partial charge in [-0.1, -0.05) is 23.9 Å². The maximum absolute atomic E-state index is 10.8. The number of benzene rings is 1. The molecule has 1 aromatic carbocycles. The lowest BCUT2D eigenvalue weighted by molar-refractivity contribution is -0.385. The Balaban J connectivity index is 2.17. The average Bonchev–Trinajstić information content (AvgIpc) is 2.73. The van der Waals surface area contributed by atoms with Crippen molar-refractivity contribution in [3.8, 4) is 0 Å². The SMILES string of the molecule is Cn1cnnc1SCc1cccc([N+](=O)[O-])c1Br. The van der Waals surface area contributed by atoms with Crippen LogP contribution in [0.2, 0.25) is 0 Å². The molecule has 1 heterocycles. The third kappa shape index (κ3) is 2.70. The number of nitro groups is 1. The lowest BCUT2D eigenvalue weighted by atomic mass is 10.2. The quantitative estimate of drug-likeness (QED) is 0.490. The third-order valence-corrected chi connectivity index (χ3v) is 4.28. The Labute approximate surface area is 116 Å². The van der Waals surface area contributed by atoms with Gasteiger partial charge in [-0.15, -0.1) is 10.2 Å². The molecule has 0 aliphatic heterocycles. The number of hydrogen-bond donors (Lipinski definition) is 0. The predicted octanol–water partition coefficient (Wildman–Crippen LogP) is 2.78. The molecule has 6 nitrogen and oxygen atoms in total. The molecule has 18 heavy (non-hydrogen) atoms. The van der Waals surface area contributed by atoms with E-state index in [0.29, 0.717) is 10.2 Å². The van der Waals surface area contributed by atoms with Gasteiger partial charge in [0, 0.05) is 18.9 Å². The Morgan fingerprint density at radius 1 is 1.56 bits per heavy atom. The molecule has 8 heteroatoms. The number of aromatic nitrogens is 3. The Morgan fingerprint density at radius 3 is 2.94 bits per heavy atom. The van der Waals surface area contributed by atoms with Crippen LogP contribution in [0.5, 0.6) is 0 Å². The second kappa shape index (κ2) is 5.49. The Bertz CT molecular complexity index is 587. The van der Waals surface area contributed by atoms with Crippen molar-refractivity contribution in [1.82, 2.24) is 14.8 Å². The second-order valence-electron chi connectivity index (χ2n) is 3.52. The number of rotatable bonds is 4. The molecule has 0 unspecified atom stereocenters. The smallest absolute Gasteiger partial charge is 0.283 e. The summed E-state index contributed by atoms with van der Waals surface area (Å²) in [6, 6.07) is 5.00. The van der Waals surface area contributed by atoms with Crippen LogP contribution >= 0.6 is 27.7 Å². The van der Waals surface area contributed by atoms with Crippen LogP contribution in [0.25, 0.3) is 0 Å². The molecule has 0 aliphatic rings. The summed E-state index contributed by atoms with van der Waals surface area (Å²) in [6.07, 6.45) is 1.62. The zero-order chi connectivity index (χ0) is 13.1. The summed E-state index contributed by atoms with van der Waals surface area (Å²) in [4.78, 5) is 10.4. The number of thioether (sulfide) groups is 1. The van der Waals surface area contributed by atoms with Crippen molar-refractivity contribution < 1.29 is 4.92 Å². The minimum Gasteiger partial charge on any atom is -0.312 e. The fourth-order valence-electron chi connectivity index (χ4n) is 1.36. The van der Waals surface area contributed by atoms with Crippen molar-refractivity contribution >= 4 is 33.4 Å². The summed E-state index contributed by atoms with van der Waals surface area (Å²) in [6.45, 7) is 0. The van der Waals surface area contributed by atoms with Crippen LogP contribution in [-0.4, -0.2) is 19.7 Å². The first kappa shape index (κ1) is 13.0. The minimum absolute atomic E-state index is 0.0751. The molecule has 2 aromatic rings. The number of nitrogens with zero attached hydrogens (tertiary/aromatic N) is 4. The van der Waals surface area contributed by atoms with Crippen molar-refractivity contribution in [1.29, 1.82) is 0 Å². The molecule has 0 N–H and O–H groups in total. The standard InChI is InChI=1S/C10H9BrN4O2S/c1-14-6-12-13-10(14)18-5-7-3-2-4-8(9(7)11)15(16)17/h2-4,6H,5H2,1H3. The van der Waals surface area contributed by atoms with E-state index in [1.165, 1.54) is 17.8 Å². The number of aryl methyl sites for hydroxylation is 1. The van der Waals surface area contributed by atoms with Crippen LogP contribution in [0.3, 0.4) is 0 Å². The summed E-state index contributed by atoms with van der Waals surface area (Å²) >= 11 is 4.74. The highest BCUT2D eigenvalue weighted by Gasteiger charge is 2.15. The van der Waals surface area contributed by atoms with E-state index >= 15 is 0 Å². The summed E-state index contributed by atoms with van der Waals surface area (Å²) in [5, 5.41) is 19.3. The van der Waals surface area contributed by atoms with Gasteiger partial charge in [0.15, 0.2) is 5.16 Å². The maximum atomic E-state index is 10.8. The van der Waals surface area contributed by atoms with E-state index in [4.69, 9.17) is 0 Å². The zero-order valence-corrected chi connectivity index (χ0v) is 11.8. The van der Waals surface area contributed by atoms with Crippen LogP contribution in [0, 0.1) is 10.1 Å². The van der Waals surface area contributed by atoms with Gasteiger partial charge in [0.05, 0.1) is 9.40 Å². The first-order chi connectivity index (χ1) is 8.59. The van der Waals surface area contributed by atoms with Crippen LogP contribution < -0.4 is 0 Å². The summed E-state index contributed by atoms with van der Waals surface area (Å²) in [5.74, 6) is 0.592. The van der Waals surface area contributed by atoms with Gasteiger partial charge in [-0.3, -0.25) is 10.1 Å². The van der Waals surface area contributed by atoms with Crippen molar-refractivity contribution in [2.75, 3.05) is 0 Å². The van der Waals surface area contributed by atoms with Crippen molar-refractivity contribution in [2.45, 2.75) is 10.9 Å². The van der Waals surface area contributed by atoms with Gasteiger partial charge in [0.25, 0.3) is 5.69 Å². The largest absolute Gasteiger partial charge is 0.312 e. The van der Waals surface area contributed by atoms with E-state index in [1.807, 2.05) is 13.1 Å². The Morgan fingerprint density at radius 2 is 2.33 bits per heavy atom. The molecule has 94 valence electrons. The lowest BCUT2D eigenvalue weighted by Crippen LogP contribution is -1.94. The number of hydrogen-bond acceptors (Lipinski definition) is 5. The highest BCUT2D eigenvalue weighted by Crippen LogP contribution is 2.31. The molecule has 0 bridgehead atoms. The molecule has 0 saturated carbocycles. The molecule has 0 spiro atoms. The van der Waals surface area contributed by atoms with Gasteiger partial charge >= 0.3 is 0 Å². The first-order valence-electron chi connectivity index (χ1n) is 4.98. The molecule has 1 aromatic heterocycles. The highest BCUT2D eigenvalue weighted by molar-refractivity contribution is 9.10. The molecule has 0 saturated heterocycles. The number of nitro benzene ring substituents is 1. The molecule has 0 radical (unpaired) electrons. The minimum atomic E-state index is -0.402. The van der Waals surface area contributed by atoms with Crippen LogP contribution in [0.15, 0.2) is 34.2 Å². The monoisotopic (exact) mass is 328 g/mol. The van der Waals surface area contributed by atoms with E-state index in [1.54, 1.807) is 17.0 Å². The van der Waals surface area contributed by atoms with Crippen LogP contribution in [0.1, 0.15) is 5.56 Å². The normalized spacial score (nSPS) is 10.6. The first-order valence-corrected chi connectivity index (χ1v) is 6.76. The third-order valence-electron chi connectivity index (χ3n) is 2.28. The molecule has 2 rings (SSSR count). The second-order valence-corrected chi connectivity index (χ2v) is 5.26. The molecular weight excluding hydrogens is 320 g/mol. The van der Waals surface area contributed by atoms with Crippen LogP contribution in [0.4, 0.5) is 5.69 Å². The van der Waals surface area contributed by atoms with Crippen molar-refractivity contribution in [2.24, 2.45) is 7.05 Å². The topological polar surface area (TPSA) is 73.8 Å². The van der Waals surface area contributed by atoms with Gasteiger partial charge in [0.2, 0.25) is 0 Å². The zero-order valence-electron chi connectivity index (χ0n) is 9.41. The van der Waals surface area contributed by atoms with E-state index in [9.17, 15) is 10.1 Å². The predicted molar refractivity (Wildman–Crippen MR) is 71.4 cm³/mol. The van der Waals surface area contributed by atoms with Gasteiger partial charge in [-0.2, -0.15) is 0 Å². The summed E-state index contributed by atoms with van der Waals surface area (Å²) in [7, 11) is 1.85. The summed E-state index contributed by atoms with van der Waals surface area (Å²) < 4.78 is 2.32. The molecular formula is C10H9BrN4O2S. The Kier molecular flexibility index (Phi) is 3.97. The molecule has 0 fully saturated rings. The molecule has 0 aliphatic carbocycles. The maximum Gasteiger partial charge on any atom is 0.283 e. The summed E-state index contributed by atoms with van der Waals surface area (Å²) in [5.41, 5.74) is 0.934. The van der Waals surface area contributed by atoms with Crippen LogP contribution in [-0.2, 0) is 12.8 Å². The van der Waals surface area contributed by atoms with Gasteiger partial charge in [-0.25, -0.2) is 0 Å². The van der Waals surface area contributed by atoms with E-state index < -0.39 is 4.92 Å². The molecule has 0 amide bonds. The fourth-order valence-corrected chi connectivity index (χ4v) is 2.98. The fraction of sp³-hybridized carbons (Fsp3) is 0.200. The van der Waals surface area contributed by atoms with Gasteiger partial charge in [0.1, 0.15) is 6.33 Å².